The predicted molar refractivity (Wildman–Crippen MR) is 115 cm³/mol. The number of thiophene rings is 2. The second kappa shape index (κ2) is 8.67. The molecule has 3 heterocycles. The van der Waals surface area contributed by atoms with Crippen LogP contribution >= 0.6 is 22.7 Å². The number of fused-ring (bicyclic) bond motifs is 1. The molecule has 0 aromatic carbocycles. The van der Waals surface area contributed by atoms with Gasteiger partial charge in [-0.25, -0.2) is 0 Å². The highest BCUT2D eigenvalue weighted by Gasteiger charge is 2.31. The van der Waals surface area contributed by atoms with E-state index in [1.807, 2.05) is 11.8 Å². The lowest BCUT2D eigenvalue weighted by atomic mass is 10.1. The zero-order valence-corrected chi connectivity index (χ0v) is 18.0. The number of hydrogen-bond donors (Lipinski definition) is 2. The Labute approximate surface area is 178 Å². The molecule has 1 fully saturated rings. The largest absolute Gasteiger partial charge is 0.340 e. The zero-order valence-electron chi connectivity index (χ0n) is 16.4. The van der Waals surface area contributed by atoms with E-state index in [1.54, 1.807) is 23.5 Å². The molecule has 29 heavy (non-hydrogen) atoms. The molecule has 1 aliphatic heterocycles. The normalized spacial score (nSPS) is 16.8. The van der Waals surface area contributed by atoms with E-state index in [2.05, 4.69) is 22.1 Å². The van der Waals surface area contributed by atoms with Crippen LogP contribution in [0.5, 0.6) is 0 Å². The molecule has 3 amide bonds. The average molecular weight is 432 g/mol. The van der Waals surface area contributed by atoms with Gasteiger partial charge in [0, 0.05) is 23.9 Å². The third-order valence-corrected chi connectivity index (χ3v) is 7.35. The summed E-state index contributed by atoms with van der Waals surface area (Å²) in [6, 6.07) is 5.00. The van der Waals surface area contributed by atoms with Crippen LogP contribution < -0.4 is 10.6 Å². The topological polar surface area (TPSA) is 78.5 Å². The number of carbonyl (C=O) groups is 3. The Morgan fingerprint density at radius 3 is 2.83 bits per heavy atom. The smallest absolute Gasteiger partial charge is 0.262 e. The molecule has 0 radical (unpaired) electrons. The lowest BCUT2D eigenvalue weighted by Crippen LogP contribution is -2.49. The fraction of sp³-hybridized carbons (Fsp3) is 0.476. The summed E-state index contributed by atoms with van der Waals surface area (Å²) in [7, 11) is 0. The molecule has 2 aromatic rings. The van der Waals surface area contributed by atoms with Gasteiger partial charge in [-0.1, -0.05) is 13.3 Å². The first kappa shape index (κ1) is 20.1. The molecule has 1 saturated carbocycles. The number of nitrogens with one attached hydrogen (secondary N) is 2. The molecule has 8 heteroatoms. The molecule has 154 valence electrons. The molecule has 6 nitrogen and oxygen atoms in total. The molecule has 4 rings (SSSR count). The Bertz CT molecular complexity index is 916. The van der Waals surface area contributed by atoms with Gasteiger partial charge in [-0.15, -0.1) is 22.7 Å². The van der Waals surface area contributed by atoms with Crippen LogP contribution in [0.2, 0.25) is 0 Å². The zero-order chi connectivity index (χ0) is 20.4. The fourth-order valence-electron chi connectivity index (χ4n) is 3.53. The van der Waals surface area contributed by atoms with Crippen LogP contribution in [0.4, 0.5) is 5.00 Å². The minimum Gasteiger partial charge on any atom is -0.340 e. The second-order valence-electron chi connectivity index (χ2n) is 7.62. The van der Waals surface area contributed by atoms with Gasteiger partial charge < -0.3 is 15.5 Å². The molecular weight excluding hydrogens is 406 g/mol. The Hall–Kier alpha value is -2.19. The van der Waals surface area contributed by atoms with Crippen molar-refractivity contribution in [3.8, 4) is 0 Å². The summed E-state index contributed by atoms with van der Waals surface area (Å²) in [5.74, 6) is -0.136. The highest BCUT2D eigenvalue weighted by atomic mass is 32.1. The van der Waals surface area contributed by atoms with Crippen molar-refractivity contribution in [2.45, 2.75) is 51.6 Å². The van der Waals surface area contributed by atoms with Crippen LogP contribution in [0, 0.1) is 5.92 Å². The summed E-state index contributed by atoms with van der Waals surface area (Å²) in [6.07, 6.45) is 4.17. The Morgan fingerprint density at radius 2 is 2.07 bits per heavy atom. The maximum Gasteiger partial charge on any atom is 0.262 e. The number of hydrogen-bond acceptors (Lipinski definition) is 5. The minimum atomic E-state index is -0.528. The van der Waals surface area contributed by atoms with Gasteiger partial charge in [0.15, 0.2) is 0 Å². The number of amides is 3. The van der Waals surface area contributed by atoms with Crippen LogP contribution in [0.15, 0.2) is 23.6 Å². The van der Waals surface area contributed by atoms with E-state index >= 15 is 0 Å². The molecule has 0 saturated heterocycles. The maximum atomic E-state index is 13.1. The van der Waals surface area contributed by atoms with Gasteiger partial charge in [0.25, 0.3) is 5.91 Å². The summed E-state index contributed by atoms with van der Waals surface area (Å²) in [5, 5.41) is 8.53. The lowest BCUT2D eigenvalue weighted by molar-refractivity contribution is -0.134. The Morgan fingerprint density at radius 1 is 1.24 bits per heavy atom. The fourth-order valence-corrected chi connectivity index (χ4v) is 5.23. The average Bonchev–Trinajstić information content (AvgIpc) is 3.29. The van der Waals surface area contributed by atoms with Crippen molar-refractivity contribution < 1.29 is 14.4 Å². The number of carbonyl (C=O) groups excluding carboxylic acids is 3. The highest BCUT2D eigenvalue weighted by molar-refractivity contribution is 7.18. The maximum absolute atomic E-state index is 13.1. The van der Waals surface area contributed by atoms with E-state index in [4.69, 9.17) is 0 Å². The minimum absolute atomic E-state index is 0.0177. The molecule has 1 aliphatic carbocycles. The summed E-state index contributed by atoms with van der Waals surface area (Å²) in [6.45, 7) is 3.32. The number of nitrogens with zero attached hydrogens (tertiary/aromatic N) is 1. The van der Waals surface area contributed by atoms with Crippen LogP contribution in [-0.4, -0.2) is 35.2 Å². The van der Waals surface area contributed by atoms with E-state index in [0.29, 0.717) is 29.4 Å². The Kier molecular flexibility index (Phi) is 6.01. The molecule has 2 aliphatic rings. The van der Waals surface area contributed by atoms with Crippen molar-refractivity contribution in [3.63, 3.8) is 0 Å². The van der Waals surface area contributed by atoms with Crippen molar-refractivity contribution in [1.29, 1.82) is 0 Å². The molecule has 2 aromatic heterocycles. The third-order valence-electron chi connectivity index (χ3n) is 5.32. The standard InChI is InChI=1S/C21H25N3O3S2/c1-2-3-15(21(27)24-10-8-16-14(12-24)9-11-28-16)22-20(26)17-6-7-18(29-17)23-19(25)13-4-5-13/h6-7,9,11,13,15H,2-5,8,10,12H2,1H3,(H,22,26)(H,23,25). The van der Waals surface area contributed by atoms with Crippen molar-refractivity contribution in [2.75, 3.05) is 11.9 Å². The quantitative estimate of drug-likeness (QED) is 0.703. The van der Waals surface area contributed by atoms with Crippen LogP contribution in [0.25, 0.3) is 0 Å². The van der Waals surface area contributed by atoms with Gasteiger partial charge in [0.2, 0.25) is 11.8 Å². The SMILES string of the molecule is CCCC(NC(=O)c1ccc(NC(=O)C2CC2)s1)C(=O)N1CCc2sccc2C1. The monoisotopic (exact) mass is 431 g/mol. The molecule has 1 atom stereocenters. The van der Waals surface area contributed by atoms with E-state index in [9.17, 15) is 14.4 Å². The predicted octanol–water partition coefficient (Wildman–Crippen LogP) is 3.64. The molecule has 2 N–H and O–H groups in total. The van der Waals surface area contributed by atoms with Gasteiger partial charge in [0.05, 0.1) is 9.88 Å². The molecular formula is C21H25N3O3S2. The first-order chi connectivity index (χ1) is 14.0. The van der Waals surface area contributed by atoms with Gasteiger partial charge in [0.1, 0.15) is 6.04 Å². The summed E-state index contributed by atoms with van der Waals surface area (Å²) in [4.78, 5) is 41.4. The van der Waals surface area contributed by atoms with Crippen molar-refractivity contribution in [2.24, 2.45) is 5.92 Å². The van der Waals surface area contributed by atoms with Crippen LogP contribution in [-0.2, 0) is 22.6 Å². The number of rotatable bonds is 7. The van der Waals surface area contributed by atoms with Crippen molar-refractivity contribution in [3.05, 3.63) is 38.9 Å². The lowest BCUT2D eigenvalue weighted by Gasteiger charge is -2.30. The highest BCUT2D eigenvalue weighted by Crippen LogP contribution is 2.31. The van der Waals surface area contributed by atoms with E-state index < -0.39 is 6.04 Å². The molecule has 0 spiro atoms. The number of anilines is 1. The third kappa shape index (κ3) is 4.70. The van der Waals surface area contributed by atoms with Gasteiger partial charge in [-0.05, 0) is 54.8 Å². The van der Waals surface area contributed by atoms with Crippen LogP contribution in [0.1, 0.15) is 52.7 Å². The van der Waals surface area contributed by atoms with Crippen molar-refractivity contribution >= 4 is 45.4 Å². The summed E-state index contributed by atoms with van der Waals surface area (Å²) >= 11 is 2.99. The van der Waals surface area contributed by atoms with Gasteiger partial charge in [-0.2, -0.15) is 0 Å². The summed E-state index contributed by atoms with van der Waals surface area (Å²) < 4.78 is 0. The first-order valence-electron chi connectivity index (χ1n) is 10.1. The van der Waals surface area contributed by atoms with Gasteiger partial charge >= 0.3 is 0 Å². The van der Waals surface area contributed by atoms with Crippen LogP contribution in [0.3, 0.4) is 0 Å². The first-order valence-corrected chi connectivity index (χ1v) is 11.8. The Balaban J connectivity index is 1.38. The molecule has 1 unspecified atom stereocenters. The van der Waals surface area contributed by atoms with E-state index in [-0.39, 0.29) is 23.6 Å². The van der Waals surface area contributed by atoms with E-state index in [1.165, 1.54) is 21.8 Å². The molecule has 0 bridgehead atoms. The van der Waals surface area contributed by atoms with E-state index in [0.717, 1.165) is 25.7 Å². The van der Waals surface area contributed by atoms with Crippen molar-refractivity contribution in [1.82, 2.24) is 10.2 Å². The second-order valence-corrected chi connectivity index (χ2v) is 9.71. The summed E-state index contributed by atoms with van der Waals surface area (Å²) in [5.41, 5.74) is 1.21. The van der Waals surface area contributed by atoms with Gasteiger partial charge in [-0.3, -0.25) is 14.4 Å².